The van der Waals surface area contributed by atoms with Crippen LogP contribution >= 0.6 is 0 Å². The van der Waals surface area contributed by atoms with Crippen LogP contribution in [0.2, 0.25) is 0 Å². The maximum absolute atomic E-state index is 11.3. The van der Waals surface area contributed by atoms with Gasteiger partial charge in [0.05, 0.1) is 4.90 Å². The molecule has 0 saturated heterocycles. The summed E-state index contributed by atoms with van der Waals surface area (Å²) in [5, 5.41) is 2.99. The van der Waals surface area contributed by atoms with Crippen LogP contribution in [0.4, 0.5) is 0 Å². The Balaban J connectivity index is 3.17. The van der Waals surface area contributed by atoms with E-state index >= 15 is 0 Å². The van der Waals surface area contributed by atoms with Gasteiger partial charge in [0.25, 0.3) is 0 Å². The van der Waals surface area contributed by atoms with Crippen LogP contribution < -0.4 is 5.84 Å². The van der Waals surface area contributed by atoms with Gasteiger partial charge in [-0.3, -0.25) is 0 Å². The number of sulfone groups is 1. The van der Waals surface area contributed by atoms with Gasteiger partial charge in [-0.05, 0) is 19.1 Å². The van der Waals surface area contributed by atoms with Gasteiger partial charge in [-0.15, -0.1) is 0 Å². The van der Waals surface area contributed by atoms with E-state index in [1.807, 2.05) is 6.92 Å². The molecule has 13 heavy (non-hydrogen) atoms. The van der Waals surface area contributed by atoms with Crippen molar-refractivity contribution in [2.75, 3.05) is 0 Å². The predicted molar refractivity (Wildman–Crippen MR) is 51.0 cm³/mol. The lowest BCUT2D eigenvalue weighted by Gasteiger charge is -1.97. The smallest absolute Gasteiger partial charge is 0.218 e. The molecule has 0 bridgehead atoms. The Labute approximate surface area is 77.0 Å². The quantitative estimate of drug-likeness (QED) is 0.328. The van der Waals surface area contributed by atoms with Gasteiger partial charge in [-0.2, -0.15) is 5.10 Å². The van der Waals surface area contributed by atoms with E-state index in [1.165, 1.54) is 12.1 Å². The number of hydrogen-bond donors (Lipinski definition) is 1. The fourth-order valence-corrected chi connectivity index (χ4v) is 1.67. The largest absolute Gasteiger partial charge is 0.323 e. The third-order valence-electron chi connectivity index (χ3n) is 1.55. The molecule has 0 aliphatic carbocycles. The summed E-state index contributed by atoms with van der Waals surface area (Å²) in [4.78, 5) is 0.201. The zero-order valence-corrected chi connectivity index (χ0v) is 7.95. The van der Waals surface area contributed by atoms with Crippen LogP contribution in [-0.2, 0) is 9.84 Å². The second-order valence-corrected chi connectivity index (χ2v) is 4.38. The second kappa shape index (κ2) is 3.57. The molecule has 0 unspecified atom stereocenters. The van der Waals surface area contributed by atoms with Crippen molar-refractivity contribution in [1.82, 2.24) is 0 Å². The fraction of sp³-hybridized carbons (Fsp3) is 0.125. The standard InChI is InChI=1S/C8H10N2O2S/c1-7-2-4-8(5-3-7)13(11,12)6-10-9/h2-6H,9H2,1H3/b10-6+. The summed E-state index contributed by atoms with van der Waals surface area (Å²) >= 11 is 0. The van der Waals surface area contributed by atoms with Gasteiger partial charge in [-0.25, -0.2) is 8.42 Å². The monoisotopic (exact) mass is 198 g/mol. The minimum Gasteiger partial charge on any atom is -0.323 e. The van der Waals surface area contributed by atoms with E-state index < -0.39 is 9.84 Å². The summed E-state index contributed by atoms with van der Waals surface area (Å²) in [5.41, 5.74) is 1.74. The molecular weight excluding hydrogens is 188 g/mol. The molecule has 1 aromatic carbocycles. The lowest BCUT2D eigenvalue weighted by Crippen LogP contribution is -2.03. The van der Waals surface area contributed by atoms with Gasteiger partial charge in [0.1, 0.15) is 5.55 Å². The molecule has 0 heterocycles. The first-order valence-corrected chi connectivity index (χ1v) is 5.16. The average Bonchev–Trinajstić information content (AvgIpc) is 2.05. The molecule has 4 nitrogen and oxygen atoms in total. The molecule has 1 rings (SSSR count). The van der Waals surface area contributed by atoms with Crippen LogP contribution in [0.5, 0.6) is 0 Å². The first kappa shape index (κ1) is 9.73. The minimum absolute atomic E-state index is 0.201. The number of rotatable bonds is 2. The highest BCUT2D eigenvalue weighted by atomic mass is 32.2. The van der Waals surface area contributed by atoms with Crippen molar-refractivity contribution < 1.29 is 8.42 Å². The van der Waals surface area contributed by atoms with E-state index in [9.17, 15) is 8.42 Å². The number of hydrazone groups is 1. The minimum atomic E-state index is -3.44. The predicted octanol–water partition coefficient (Wildman–Crippen LogP) is 0.671. The highest BCUT2D eigenvalue weighted by Crippen LogP contribution is 2.09. The first-order valence-electron chi connectivity index (χ1n) is 3.61. The van der Waals surface area contributed by atoms with E-state index in [4.69, 9.17) is 5.84 Å². The second-order valence-electron chi connectivity index (χ2n) is 2.61. The van der Waals surface area contributed by atoms with Crippen molar-refractivity contribution in [3.8, 4) is 0 Å². The summed E-state index contributed by atoms with van der Waals surface area (Å²) in [5.74, 6) is 4.77. The third kappa shape index (κ3) is 2.29. The summed E-state index contributed by atoms with van der Waals surface area (Å²) in [6.45, 7) is 1.88. The Kier molecular flexibility index (Phi) is 2.67. The van der Waals surface area contributed by atoms with Gasteiger partial charge < -0.3 is 5.84 Å². The summed E-state index contributed by atoms with van der Waals surface area (Å²) < 4.78 is 22.6. The van der Waals surface area contributed by atoms with Crippen LogP contribution in [0, 0.1) is 6.92 Å². The van der Waals surface area contributed by atoms with Crippen molar-refractivity contribution in [2.24, 2.45) is 10.9 Å². The number of aryl methyl sites for hydroxylation is 1. The van der Waals surface area contributed by atoms with Gasteiger partial charge >= 0.3 is 0 Å². The molecule has 0 aliphatic rings. The van der Waals surface area contributed by atoms with Gasteiger partial charge in [0.2, 0.25) is 9.84 Å². The Bertz CT molecular complexity index is 406. The Hall–Kier alpha value is -1.36. The lowest BCUT2D eigenvalue weighted by molar-refractivity contribution is 0.608. The topological polar surface area (TPSA) is 72.5 Å². The van der Waals surface area contributed by atoms with Crippen LogP contribution in [0.15, 0.2) is 34.3 Å². The summed E-state index contributed by atoms with van der Waals surface area (Å²) in [7, 11) is -3.44. The molecular formula is C8H10N2O2S. The van der Waals surface area contributed by atoms with Crippen molar-refractivity contribution in [1.29, 1.82) is 0 Å². The van der Waals surface area contributed by atoms with Crippen LogP contribution in [-0.4, -0.2) is 14.0 Å². The van der Waals surface area contributed by atoms with Crippen molar-refractivity contribution in [2.45, 2.75) is 11.8 Å². The first-order chi connectivity index (χ1) is 6.06. The normalized spacial score (nSPS) is 12.1. The molecule has 0 spiro atoms. The van der Waals surface area contributed by atoms with E-state index in [0.29, 0.717) is 0 Å². The molecule has 0 fully saturated rings. The molecule has 70 valence electrons. The lowest BCUT2D eigenvalue weighted by atomic mass is 10.2. The van der Waals surface area contributed by atoms with Crippen molar-refractivity contribution in [3.05, 3.63) is 29.8 Å². The molecule has 0 aliphatic heterocycles. The van der Waals surface area contributed by atoms with Gasteiger partial charge in [-0.1, -0.05) is 17.7 Å². The molecule has 0 aromatic heterocycles. The van der Waals surface area contributed by atoms with E-state index in [1.54, 1.807) is 12.1 Å². The molecule has 5 heteroatoms. The van der Waals surface area contributed by atoms with Gasteiger partial charge in [0.15, 0.2) is 0 Å². The Morgan fingerprint density at radius 2 is 1.85 bits per heavy atom. The number of benzene rings is 1. The highest BCUT2D eigenvalue weighted by molar-refractivity contribution is 8.04. The molecule has 0 radical (unpaired) electrons. The molecule has 0 atom stereocenters. The maximum Gasteiger partial charge on any atom is 0.218 e. The molecule has 0 saturated carbocycles. The summed E-state index contributed by atoms with van der Waals surface area (Å²) in [6, 6.07) is 6.48. The Morgan fingerprint density at radius 1 is 1.31 bits per heavy atom. The zero-order valence-electron chi connectivity index (χ0n) is 7.14. The SMILES string of the molecule is Cc1ccc(S(=O)(=O)/C=N/N)cc1. The number of nitrogens with zero attached hydrogens (tertiary/aromatic N) is 1. The van der Waals surface area contributed by atoms with Crippen LogP contribution in [0.25, 0.3) is 0 Å². The van der Waals surface area contributed by atoms with Crippen LogP contribution in [0.1, 0.15) is 5.56 Å². The summed E-state index contributed by atoms with van der Waals surface area (Å²) in [6.07, 6.45) is 0. The Morgan fingerprint density at radius 3 is 2.31 bits per heavy atom. The number of hydrogen-bond acceptors (Lipinski definition) is 4. The zero-order chi connectivity index (χ0) is 9.90. The fourth-order valence-electron chi connectivity index (χ4n) is 0.869. The number of nitrogens with two attached hydrogens (primary N) is 1. The maximum atomic E-state index is 11.3. The molecule has 2 N–H and O–H groups in total. The van der Waals surface area contributed by atoms with E-state index in [2.05, 4.69) is 5.10 Å². The van der Waals surface area contributed by atoms with Crippen LogP contribution in [0.3, 0.4) is 0 Å². The average molecular weight is 198 g/mol. The van der Waals surface area contributed by atoms with E-state index in [-0.39, 0.29) is 4.90 Å². The molecule has 0 amide bonds. The van der Waals surface area contributed by atoms with Gasteiger partial charge in [0, 0.05) is 0 Å². The van der Waals surface area contributed by atoms with Crippen molar-refractivity contribution in [3.63, 3.8) is 0 Å². The highest BCUT2D eigenvalue weighted by Gasteiger charge is 2.09. The third-order valence-corrected chi connectivity index (χ3v) is 2.88. The molecule has 1 aromatic rings. The van der Waals surface area contributed by atoms with Crippen molar-refractivity contribution >= 4 is 15.4 Å². The van der Waals surface area contributed by atoms with E-state index in [0.717, 1.165) is 11.1 Å².